The molecule has 1 aliphatic carbocycles. The lowest BCUT2D eigenvalue weighted by Crippen LogP contribution is -2.38. The minimum atomic E-state index is 0.0857. The van der Waals surface area contributed by atoms with E-state index in [9.17, 15) is 0 Å². The van der Waals surface area contributed by atoms with Crippen molar-refractivity contribution in [3.8, 4) is 0 Å². The normalized spacial score (nSPS) is 15.9. The Morgan fingerprint density at radius 1 is 1.55 bits per heavy atom. The Bertz CT molecular complexity index is 485. The van der Waals surface area contributed by atoms with Crippen LogP contribution in [0.4, 0.5) is 5.82 Å². The number of nitrogen functional groups attached to an aromatic ring is 1. The molecule has 5 heteroatoms. The monoisotopic (exact) mass is 276 g/mol. The first-order chi connectivity index (χ1) is 9.52. The molecule has 20 heavy (non-hydrogen) atoms. The lowest BCUT2D eigenvalue weighted by Gasteiger charge is -2.31. The SMILES string of the molecule is COCCN(c1cc(C(=N)N)cc(C)n1)C(C)C1CC1. The van der Waals surface area contributed by atoms with E-state index in [1.807, 2.05) is 19.1 Å². The number of nitrogens with zero attached hydrogens (tertiary/aromatic N) is 2. The van der Waals surface area contributed by atoms with Crippen LogP contribution in [-0.2, 0) is 4.74 Å². The van der Waals surface area contributed by atoms with Crippen molar-refractivity contribution in [3.05, 3.63) is 23.4 Å². The first-order valence-corrected chi connectivity index (χ1v) is 7.11. The summed E-state index contributed by atoms with van der Waals surface area (Å²) in [4.78, 5) is 6.90. The zero-order chi connectivity index (χ0) is 14.7. The number of aromatic nitrogens is 1. The van der Waals surface area contributed by atoms with Crippen LogP contribution in [0.15, 0.2) is 12.1 Å². The topological polar surface area (TPSA) is 75.2 Å². The molecule has 1 aliphatic rings. The van der Waals surface area contributed by atoms with Gasteiger partial charge in [0.1, 0.15) is 11.7 Å². The molecular weight excluding hydrogens is 252 g/mol. The predicted octanol–water partition coefficient (Wildman–Crippen LogP) is 1.93. The van der Waals surface area contributed by atoms with Crippen LogP contribution < -0.4 is 10.6 Å². The fraction of sp³-hybridized carbons (Fsp3) is 0.600. The largest absolute Gasteiger partial charge is 0.384 e. The Hall–Kier alpha value is -1.62. The highest BCUT2D eigenvalue weighted by atomic mass is 16.5. The third kappa shape index (κ3) is 3.48. The van der Waals surface area contributed by atoms with Crippen LogP contribution in [-0.4, -0.2) is 37.1 Å². The Kier molecular flexibility index (Phi) is 4.60. The van der Waals surface area contributed by atoms with E-state index < -0.39 is 0 Å². The molecule has 1 saturated carbocycles. The van der Waals surface area contributed by atoms with E-state index in [-0.39, 0.29) is 5.84 Å². The van der Waals surface area contributed by atoms with Crippen LogP contribution in [0, 0.1) is 18.3 Å². The summed E-state index contributed by atoms with van der Waals surface area (Å²) in [7, 11) is 1.71. The van der Waals surface area contributed by atoms with Gasteiger partial charge in [0.15, 0.2) is 0 Å². The number of aryl methyl sites for hydroxylation is 1. The molecule has 1 aromatic rings. The molecule has 110 valence electrons. The second kappa shape index (κ2) is 6.22. The fourth-order valence-corrected chi connectivity index (χ4v) is 2.50. The summed E-state index contributed by atoms with van der Waals surface area (Å²) in [6.07, 6.45) is 2.58. The van der Waals surface area contributed by atoms with Gasteiger partial charge in [-0.05, 0) is 44.7 Å². The van der Waals surface area contributed by atoms with Gasteiger partial charge in [0, 0.05) is 31.0 Å². The molecule has 0 aliphatic heterocycles. The van der Waals surface area contributed by atoms with Crippen molar-refractivity contribution in [1.82, 2.24) is 4.98 Å². The van der Waals surface area contributed by atoms with Gasteiger partial charge in [0.25, 0.3) is 0 Å². The number of amidine groups is 1. The fourth-order valence-electron chi connectivity index (χ4n) is 2.50. The van der Waals surface area contributed by atoms with Gasteiger partial charge in [-0.3, -0.25) is 5.41 Å². The Balaban J connectivity index is 2.28. The Morgan fingerprint density at radius 2 is 2.25 bits per heavy atom. The summed E-state index contributed by atoms with van der Waals surface area (Å²) >= 11 is 0. The van der Waals surface area contributed by atoms with Crippen LogP contribution in [0.25, 0.3) is 0 Å². The summed E-state index contributed by atoms with van der Waals surface area (Å²) in [5, 5.41) is 7.62. The number of hydrogen-bond acceptors (Lipinski definition) is 4. The first kappa shape index (κ1) is 14.8. The van der Waals surface area contributed by atoms with Crippen molar-refractivity contribution < 1.29 is 4.74 Å². The minimum absolute atomic E-state index is 0.0857. The smallest absolute Gasteiger partial charge is 0.129 e. The second-order valence-electron chi connectivity index (χ2n) is 5.53. The lowest BCUT2D eigenvalue weighted by atomic mass is 10.1. The minimum Gasteiger partial charge on any atom is -0.384 e. The summed E-state index contributed by atoms with van der Waals surface area (Å²) in [6.45, 7) is 5.65. The number of nitrogens with one attached hydrogen (secondary N) is 1. The van der Waals surface area contributed by atoms with E-state index in [0.29, 0.717) is 12.6 Å². The van der Waals surface area contributed by atoms with Crippen molar-refractivity contribution in [2.45, 2.75) is 32.7 Å². The number of rotatable bonds is 7. The molecule has 1 unspecified atom stereocenters. The van der Waals surface area contributed by atoms with Gasteiger partial charge in [-0.15, -0.1) is 0 Å². The number of nitrogens with two attached hydrogens (primary N) is 1. The number of hydrogen-bond donors (Lipinski definition) is 2. The van der Waals surface area contributed by atoms with Crippen molar-refractivity contribution in [2.24, 2.45) is 11.7 Å². The maximum atomic E-state index is 7.62. The molecule has 1 heterocycles. The van der Waals surface area contributed by atoms with E-state index in [0.717, 1.165) is 29.5 Å². The zero-order valence-corrected chi connectivity index (χ0v) is 12.5. The molecule has 0 saturated heterocycles. The molecule has 0 bridgehead atoms. The second-order valence-corrected chi connectivity index (χ2v) is 5.53. The van der Waals surface area contributed by atoms with Gasteiger partial charge in [0.05, 0.1) is 6.61 Å². The van der Waals surface area contributed by atoms with Crippen LogP contribution in [0.3, 0.4) is 0 Å². The van der Waals surface area contributed by atoms with Crippen molar-refractivity contribution in [3.63, 3.8) is 0 Å². The van der Waals surface area contributed by atoms with Gasteiger partial charge in [-0.25, -0.2) is 4.98 Å². The number of anilines is 1. The predicted molar refractivity (Wildman–Crippen MR) is 81.4 cm³/mol. The highest BCUT2D eigenvalue weighted by Gasteiger charge is 2.32. The number of ether oxygens (including phenoxy) is 1. The van der Waals surface area contributed by atoms with E-state index in [1.54, 1.807) is 7.11 Å². The maximum absolute atomic E-state index is 7.62. The van der Waals surface area contributed by atoms with Crippen LogP contribution in [0.1, 0.15) is 31.0 Å². The van der Waals surface area contributed by atoms with Gasteiger partial charge < -0.3 is 15.4 Å². The summed E-state index contributed by atoms with van der Waals surface area (Å²) in [5.41, 5.74) is 7.23. The Morgan fingerprint density at radius 3 is 2.80 bits per heavy atom. The average molecular weight is 276 g/mol. The first-order valence-electron chi connectivity index (χ1n) is 7.11. The quantitative estimate of drug-likeness (QED) is 0.589. The summed E-state index contributed by atoms with van der Waals surface area (Å²) < 4.78 is 5.22. The molecule has 0 aromatic carbocycles. The van der Waals surface area contributed by atoms with E-state index in [2.05, 4.69) is 16.8 Å². The third-order valence-electron chi connectivity index (χ3n) is 3.88. The maximum Gasteiger partial charge on any atom is 0.129 e. The third-order valence-corrected chi connectivity index (χ3v) is 3.88. The molecule has 0 spiro atoms. The standard InChI is InChI=1S/C15H24N4O/c1-10-8-13(15(16)17)9-14(18-10)19(6-7-20-3)11(2)12-4-5-12/h8-9,11-12H,4-7H2,1-3H3,(H3,16,17). The number of pyridine rings is 1. The summed E-state index contributed by atoms with van der Waals surface area (Å²) in [6, 6.07) is 4.20. The zero-order valence-electron chi connectivity index (χ0n) is 12.5. The summed E-state index contributed by atoms with van der Waals surface area (Å²) in [5.74, 6) is 1.73. The average Bonchev–Trinajstić information content (AvgIpc) is 3.22. The van der Waals surface area contributed by atoms with Crippen molar-refractivity contribution >= 4 is 11.7 Å². The molecule has 1 aromatic heterocycles. The van der Waals surface area contributed by atoms with E-state index in [1.165, 1.54) is 12.8 Å². The van der Waals surface area contributed by atoms with Crippen molar-refractivity contribution in [2.75, 3.05) is 25.2 Å². The van der Waals surface area contributed by atoms with E-state index >= 15 is 0 Å². The van der Waals surface area contributed by atoms with Gasteiger partial charge in [0.2, 0.25) is 0 Å². The molecule has 0 amide bonds. The highest BCUT2D eigenvalue weighted by molar-refractivity contribution is 5.95. The van der Waals surface area contributed by atoms with Crippen molar-refractivity contribution in [1.29, 1.82) is 5.41 Å². The van der Waals surface area contributed by atoms with Gasteiger partial charge in [-0.2, -0.15) is 0 Å². The molecule has 1 atom stereocenters. The molecular formula is C15H24N4O. The van der Waals surface area contributed by atoms with Gasteiger partial charge in [-0.1, -0.05) is 0 Å². The van der Waals surface area contributed by atoms with E-state index in [4.69, 9.17) is 15.9 Å². The molecule has 1 fully saturated rings. The van der Waals surface area contributed by atoms with Crippen LogP contribution >= 0.6 is 0 Å². The lowest BCUT2D eigenvalue weighted by molar-refractivity contribution is 0.202. The van der Waals surface area contributed by atoms with Gasteiger partial charge >= 0.3 is 0 Å². The molecule has 0 radical (unpaired) electrons. The molecule has 3 N–H and O–H groups in total. The number of methoxy groups -OCH3 is 1. The highest BCUT2D eigenvalue weighted by Crippen LogP contribution is 2.36. The molecule has 2 rings (SSSR count). The van der Waals surface area contributed by atoms with Crippen LogP contribution in [0.2, 0.25) is 0 Å². The Labute approximate surface area is 120 Å². The van der Waals surface area contributed by atoms with Crippen LogP contribution in [0.5, 0.6) is 0 Å². The molecule has 5 nitrogen and oxygen atoms in total.